The second-order valence-corrected chi connectivity index (χ2v) is 6.08. The molecule has 2 unspecified atom stereocenters. The lowest BCUT2D eigenvalue weighted by atomic mass is 10.0. The highest BCUT2D eigenvalue weighted by Gasteiger charge is 2.39. The quantitative estimate of drug-likeness (QED) is 0.900. The molecule has 0 radical (unpaired) electrons. The highest BCUT2D eigenvalue weighted by Crippen LogP contribution is 2.38. The lowest BCUT2D eigenvalue weighted by molar-refractivity contribution is -0.117. The fourth-order valence-electron chi connectivity index (χ4n) is 2.69. The van der Waals surface area contributed by atoms with Crippen molar-refractivity contribution >= 4 is 24.1 Å². The Morgan fingerprint density at radius 1 is 1.30 bits per heavy atom. The van der Waals surface area contributed by atoms with E-state index in [2.05, 4.69) is 42.3 Å². The van der Waals surface area contributed by atoms with Gasteiger partial charge in [-0.15, -0.1) is 12.4 Å². The first-order valence-electron chi connectivity index (χ1n) is 7.65. The highest BCUT2D eigenvalue weighted by molar-refractivity contribution is 5.94. The number of nitrogens with two attached hydrogens (primary N) is 1. The monoisotopic (exact) mass is 331 g/mol. The van der Waals surface area contributed by atoms with Crippen molar-refractivity contribution in [2.75, 3.05) is 5.32 Å². The molecule has 1 heterocycles. The van der Waals surface area contributed by atoms with Crippen LogP contribution in [0.15, 0.2) is 36.5 Å². The van der Waals surface area contributed by atoms with Crippen LogP contribution in [-0.4, -0.2) is 10.9 Å². The summed E-state index contributed by atoms with van der Waals surface area (Å²) in [6, 6.07) is 10.1. The molecule has 1 saturated carbocycles. The molecule has 1 aromatic heterocycles. The molecule has 5 heteroatoms. The third-order valence-electron chi connectivity index (χ3n) is 4.35. The molecule has 2 atom stereocenters. The van der Waals surface area contributed by atoms with Crippen LogP contribution in [0.25, 0.3) is 11.1 Å². The number of hydrogen-bond donors (Lipinski definition) is 2. The molecule has 2 aromatic rings. The van der Waals surface area contributed by atoms with Crippen LogP contribution >= 0.6 is 12.4 Å². The summed E-state index contributed by atoms with van der Waals surface area (Å²) in [6.45, 7) is 4.70. The van der Waals surface area contributed by atoms with Gasteiger partial charge < -0.3 is 11.1 Å². The summed E-state index contributed by atoms with van der Waals surface area (Å²) in [6.07, 6.45) is 2.71. The van der Waals surface area contributed by atoms with E-state index in [9.17, 15) is 4.79 Å². The Hall–Kier alpha value is -1.91. The number of aryl methyl sites for hydroxylation is 1. The first kappa shape index (κ1) is 17.4. The fourth-order valence-corrected chi connectivity index (χ4v) is 2.69. The van der Waals surface area contributed by atoms with Crippen molar-refractivity contribution in [1.82, 2.24) is 4.98 Å². The van der Waals surface area contributed by atoms with Gasteiger partial charge >= 0.3 is 0 Å². The van der Waals surface area contributed by atoms with Crippen LogP contribution in [-0.2, 0) is 11.3 Å². The number of benzene rings is 1. The van der Waals surface area contributed by atoms with E-state index < -0.39 is 0 Å². The maximum Gasteiger partial charge on any atom is 0.228 e. The van der Waals surface area contributed by atoms with Crippen LogP contribution in [0.2, 0.25) is 0 Å². The van der Waals surface area contributed by atoms with E-state index in [4.69, 9.17) is 5.73 Å². The van der Waals surface area contributed by atoms with E-state index in [1.807, 2.05) is 12.1 Å². The molecule has 3 N–H and O–H groups in total. The summed E-state index contributed by atoms with van der Waals surface area (Å²) in [5, 5.41) is 2.91. The molecule has 4 nitrogen and oxygen atoms in total. The maximum atomic E-state index is 12.0. The van der Waals surface area contributed by atoms with E-state index >= 15 is 0 Å². The van der Waals surface area contributed by atoms with E-state index in [1.165, 1.54) is 5.56 Å². The van der Waals surface area contributed by atoms with Gasteiger partial charge in [-0.1, -0.05) is 25.1 Å². The zero-order valence-corrected chi connectivity index (χ0v) is 14.2. The lowest BCUT2D eigenvalue weighted by Gasteiger charge is -2.09. The number of aromatic nitrogens is 1. The third kappa shape index (κ3) is 3.89. The molecule has 0 spiro atoms. The average molecular weight is 332 g/mol. The topological polar surface area (TPSA) is 68.0 Å². The minimum absolute atomic E-state index is 0. The van der Waals surface area contributed by atoms with Crippen molar-refractivity contribution < 1.29 is 4.79 Å². The second-order valence-electron chi connectivity index (χ2n) is 6.08. The number of rotatable bonds is 4. The Kier molecular flexibility index (Phi) is 5.39. The molecule has 0 saturated heterocycles. The Morgan fingerprint density at radius 2 is 2.00 bits per heavy atom. The van der Waals surface area contributed by atoms with Gasteiger partial charge in [0.2, 0.25) is 5.91 Å². The highest BCUT2D eigenvalue weighted by atomic mass is 35.5. The third-order valence-corrected chi connectivity index (χ3v) is 4.35. The van der Waals surface area contributed by atoms with Crippen LogP contribution in [0.5, 0.6) is 0 Å². The number of pyridine rings is 1. The summed E-state index contributed by atoms with van der Waals surface area (Å²) < 4.78 is 0. The van der Waals surface area contributed by atoms with Crippen LogP contribution in [0.1, 0.15) is 24.5 Å². The molecule has 122 valence electrons. The molecule has 1 fully saturated rings. The SMILES string of the molecule is Cc1cc(-c2ccnc(NC(=O)C3CC3C)c2)ccc1CN.Cl. The Balaban J connectivity index is 0.00000192. The van der Waals surface area contributed by atoms with Crippen molar-refractivity contribution in [2.24, 2.45) is 17.6 Å². The number of hydrogen-bond acceptors (Lipinski definition) is 3. The van der Waals surface area contributed by atoms with Gasteiger partial charge in [0, 0.05) is 18.7 Å². The molecule has 0 aliphatic heterocycles. The van der Waals surface area contributed by atoms with E-state index in [0.717, 1.165) is 23.1 Å². The number of carbonyl (C=O) groups excluding carboxylic acids is 1. The van der Waals surface area contributed by atoms with Crippen molar-refractivity contribution in [3.63, 3.8) is 0 Å². The number of carbonyl (C=O) groups is 1. The fraction of sp³-hybridized carbons (Fsp3) is 0.333. The van der Waals surface area contributed by atoms with E-state index in [-0.39, 0.29) is 24.2 Å². The molecule has 3 rings (SSSR count). The molecular formula is C18H22ClN3O. The lowest BCUT2D eigenvalue weighted by Crippen LogP contribution is -2.15. The molecule has 1 aliphatic carbocycles. The van der Waals surface area contributed by atoms with Crippen LogP contribution in [0, 0.1) is 18.8 Å². The van der Waals surface area contributed by atoms with Gasteiger partial charge in [-0.2, -0.15) is 0 Å². The first-order chi connectivity index (χ1) is 10.6. The standard InChI is InChI=1S/C18H21N3O.ClH/c1-11-7-13(3-4-15(11)10-19)14-5-6-20-17(9-14)21-18(22)16-8-12(16)2;/h3-7,9,12,16H,8,10,19H2,1-2H3,(H,20,21,22);1H. The van der Waals surface area contributed by atoms with Gasteiger partial charge in [0.15, 0.2) is 0 Å². The largest absolute Gasteiger partial charge is 0.326 e. The van der Waals surface area contributed by atoms with Gasteiger partial charge in [0.05, 0.1) is 0 Å². The minimum atomic E-state index is 0. The molecule has 1 amide bonds. The minimum Gasteiger partial charge on any atom is -0.326 e. The van der Waals surface area contributed by atoms with E-state index in [0.29, 0.717) is 18.3 Å². The van der Waals surface area contributed by atoms with Gasteiger partial charge in [-0.25, -0.2) is 4.98 Å². The number of halogens is 1. The average Bonchev–Trinajstić information content (AvgIpc) is 3.24. The van der Waals surface area contributed by atoms with Gasteiger partial charge in [0.1, 0.15) is 5.82 Å². The van der Waals surface area contributed by atoms with Crippen LogP contribution < -0.4 is 11.1 Å². The van der Waals surface area contributed by atoms with Crippen molar-refractivity contribution in [1.29, 1.82) is 0 Å². The number of nitrogens with zero attached hydrogens (tertiary/aromatic N) is 1. The summed E-state index contributed by atoms with van der Waals surface area (Å²) in [5.74, 6) is 1.33. The zero-order chi connectivity index (χ0) is 15.7. The normalized spacial score (nSPS) is 18.9. The number of nitrogens with one attached hydrogen (secondary N) is 1. The Bertz CT molecular complexity index is 717. The predicted octanol–water partition coefficient (Wildman–Crippen LogP) is 3.53. The van der Waals surface area contributed by atoms with Crippen molar-refractivity contribution in [3.8, 4) is 11.1 Å². The van der Waals surface area contributed by atoms with E-state index in [1.54, 1.807) is 6.20 Å². The maximum absolute atomic E-state index is 12.0. The summed E-state index contributed by atoms with van der Waals surface area (Å²) in [5.41, 5.74) is 10.2. The van der Waals surface area contributed by atoms with Gasteiger partial charge in [-0.05, 0) is 53.6 Å². The van der Waals surface area contributed by atoms with Crippen LogP contribution in [0.4, 0.5) is 5.82 Å². The predicted molar refractivity (Wildman–Crippen MR) is 95.5 cm³/mol. The summed E-state index contributed by atoms with van der Waals surface area (Å²) in [4.78, 5) is 16.2. The zero-order valence-electron chi connectivity index (χ0n) is 13.4. The smallest absolute Gasteiger partial charge is 0.228 e. The summed E-state index contributed by atoms with van der Waals surface area (Å²) in [7, 11) is 0. The number of amides is 1. The molecule has 1 aliphatic rings. The first-order valence-corrected chi connectivity index (χ1v) is 7.65. The molecular weight excluding hydrogens is 310 g/mol. The molecule has 23 heavy (non-hydrogen) atoms. The second kappa shape index (κ2) is 7.11. The van der Waals surface area contributed by atoms with Gasteiger partial charge in [0.25, 0.3) is 0 Å². The number of anilines is 1. The van der Waals surface area contributed by atoms with Gasteiger partial charge in [-0.3, -0.25) is 4.79 Å². The summed E-state index contributed by atoms with van der Waals surface area (Å²) >= 11 is 0. The Labute approximate surface area is 142 Å². The Morgan fingerprint density at radius 3 is 2.61 bits per heavy atom. The molecule has 0 bridgehead atoms. The van der Waals surface area contributed by atoms with Crippen LogP contribution in [0.3, 0.4) is 0 Å². The van der Waals surface area contributed by atoms with Crippen molar-refractivity contribution in [2.45, 2.75) is 26.8 Å². The molecule has 1 aromatic carbocycles. The van der Waals surface area contributed by atoms with Crippen molar-refractivity contribution in [3.05, 3.63) is 47.7 Å².